The molecule has 0 aromatic carbocycles. The number of nitrogens with one attached hydrogen (secondary N) is 2. The Balaban J connectivity index is 1.50. The van der Waals surface area contributed by atoms with Crippen LogP contribution < -0.4 is 10.6 Å². The lowest BCUT2D eigenvalue weighted by atomic mass is 9.98. The van der Waals surface area contributed by atoms with Crippen molar-refractivity contribution >= 4 is 17.8 Å². The zero-order valence-corrected chi connectivity index (χ0v) is 16.0. The van der Waals surface area contributed by atoms with Crippen LogP contribution in [0.25, 0.3) is 0 Å². The number of amides is 4. The van der Waals surface area contributed by atoms with Gasteiger partial charge in [0.05, 0.1) is 11.7 Å². The van der Waals surface area contributed by atoms with Gasteiger partial charge >= 0.3 is 6.03 Å². The molecule has 1 atom stereocenters. The molecule has 7 heteroatoms. The zero-order valence-electron chi connectivity index (χ0n) is 16.0. The summed E-state index contributed by atoms with van der Waals surface area (Å²) in [4.78, 5) is 42.7. The summed E-state index contributed by atoms with van der Waals surface area (Å²) in [5, 5.41) is 5.89. The van der Waals surface area contributed by atoms with E-state index in [2.05, 4.69) is 15.6 Å². The number of carbonyl (C=O) groups is 3. The molecule has 2 N–H and O–H groups in total. The molecule has 1 aromatic heterocycles. The number of hydrogen-bond donors (Lipinski definition) is 2. The predicted molar refractivity (Wildman–Crippen MR) is 101 cm³/mol. The molecular formula is C20H28N4O3. The van der Waals surface area contributed by atoms with E-state index in [1.165, 1.54) is 4.90 Å². The van der Waals surface area contributed by atoms with Crippen molar-refractivity contribution in [3.05, 3.63) is 30.1 Å². The maximum atomic E-state index is 12.6. The molecule has 0 radical (unpaired) electrons. The first kappa shape index (κ1) is 19.3. The topological polar surface area (TPSA) is 91.4 Å². The highest BCUT2D eigenvalue weighted by molar-refractivity contribution is 6.07. The van der Waals surface area contributed by atoms with Gasteiger partial charge in [0.1, 0.15) is 5.54 Å². The van der Waals surface area contributed by atoms with Crippen molar-refractivity contribution in [3.8, 4) is 0 Å². The van der Waals surface area contributed by atoms with Crippen molar-refractivity contribution in [1.29, 1.82) is 0 Å². The van der Waals surface area contributed by atoms with Gasteiger partial charge in [-0.05, 0) is 37.3 Å². The van der Waals surface area contributed by atoms with Gasteiger partial charge in [-0.1, -0.05) is 32.8 Å². The second-order valence-corrected chi connectivity index (χ2v) is 7.82. The summed E-state index contributed by atoms with van der Waals surface area (Å²) in [5.74, 6) is -0.0158. The summed E-state index contributed by atoms with van der Waals surface area (Å²) >= 11 is 0. The zero-order chi connectivity index (χ0) is 19.4. The van der Waals surface area contributed by atoms with Crippen LogP contribution in [0.15, 0.2) is 24.4 Å². The maximum Gasteiger partial charge on any atom is 0.325 e. The minimum absolute atomic E-state index is 0.0954. The van der Waals surface area contributed by atoms with Gasteiger partial charge in [-0.15, -0.1) is 0 Å². The SMILES string of the molecule is CC(C)C(NC(=O)CCCN1C(=O)NC2(CCCC2)C1=O)c1ccccn1. The number of rotatable bonds is 7. The lowest BCUT2D eigenvalue weighted by Gasteiger charge is -2.22. The van der Waals surface area contributed by atoms with Gasteiger partial charge in [-0.3, -0.25) is 19.5 Å². The van der Waals surface area contributed by atoms with Crippen LogP contribution in [0, 0.1) is 5.92 Å². The van der Waals surface area contributed by atoms with E-state index in [1.807, 2.05) is 32.0 Å². The Labute approximate surface area is 159 Å². The van der Waals surface area contributed by atoms with Crippen molar-refractivity contribution in [2.24, 2.45) is 5.92 Å². The quantitative estimate of drug-likeness (QED) is 0.720. The van der Waals surface area contributed by atoms with Crippen LogP contribution in [0.3, 0.4) is 0 Å². The third kappa shape index (κ3) is 4.12. The minimum atomic E-state index is -0.680. The van der Waals surface area contributed by atoms with Crippen LogP contribution in [0.1, 0.15) is 64.1 Å². The smallest absolute Gasteiger partial charge is 0.325 e. The monoisotopic (exact) mass is 372 g/mol. The van der Waals surface area contributed by atoms with Crippen LogP contribution >= 0.6 is 0 Å². The van der Waals surface area contributed by atoms with Gasteiger partial charge in [0, 0.05) is 19.2 Å². The van der Waals surface area contributed by atoms with E-state index >= 15 is 0 Å². The van der Waals surface area contributed by atoms with Crippen molar-refractivity contribution < 1.29 is 14.4 Å². The number of carbonyl (C=O) groups excluding carboxylic acids is 3. The van der Waals surface area contributed by atoms with E-state index < -0.39 is 5.54 Å². The highest BCUT2D eigenvalue weighted by Gasteiger charge is 2.52. The van der Waals surface area contributed by atoms with Gasteiger partial charge in [-0.25, -0.2) is 4.79 Å². The Morgan fingerprint density at radius 2 is 2.04 bits per heavy atom. The highest BCUT2D eigenvalue weighted by atomic mass is 16.2. The van der Waals surface area contributed by atoms with Gasteiger partial charge in [-0.2, -0.15) is 0 Å². The summed E-state index contributed by atoms with van der Waals surface area (Å²) in [6, 6.07) is 5.17. The number of pyridine rings is 1. The summed E-state index contributed by atoms with van der Waals surface area (Å²) in [5.41, 5.74) is 0.152. The second-order valence-electron chi connectivity index (χ2n) is 7.82. The van der Waals surface area contributed by atoms with Crippen molar-refractivity contribution in [1.82, 2.24) is 20.5 Å². The Bertz CT molecular complexity index is 698. The van der Waals surface area contributed by atoms with Crippen LogP contribution in [0.4, 0.5) is 4.79 Å². The number of imide groups is 1. The Morgan fingerprint density at radius 1 is 1.30 bits per heavy atom. The van der Waals surface area contributed by atoms with E-state index in [0.717, 1.165) is 18.5 Å². The predicted octanol–water partition coefficient (Wildman–Crippen LogP) is 2.54. The molecule has 2 aliphatic rings. The molecule has 0 bridgehead atoms. The van der Waals surface area contributed by atoms with E-state index in [4.69, 9.17) is 0 Å². The molecule has 1 spiro atoms. The maximum absolute atomic E-state index is 12.6. The van der Waals surface area contributed by atoms with E-state index in [0.29, 0.717) is 19.3 Å². The lowest BCUT2D eigenvalue weighted by Crippen LogP contribution is -2.44. The molecule has 1 unspecified atom stereocenters. The molecule has 2 heterocycles. The summed E-state index contributed by atoms with van der Waals surface area (Å²) in [7, 11) is 0. The average Bonchev–Trinajstić information content (AvgIpc) is 3.20. The van der Waals surface area contributed by atoms with Crippen LogP contribution in [0.5, 0.6) is 0 Å². The summed E-state index contributed by atoms with van der Waals surface area (Å²) < 4.78 is 0. The Hall–Kier alpha value is -2.44. The van der Waals surface area contributed by atoms with Crippen molar-refractivity contribution in [2.45, 2.75) is 64.0 Å². The average molecular weight is 372 g/mol. The molecule has 4 amide bonds. The fourth-order valence-corrected chi connectivity index (χ4v) is 3.98. The second kappa shape index (κ2) is 8.06. The molecule has 146 valence electrons. The number of nitrogens with zero attached hydrogens (tertiary/aromatic N) is 2. The van der Waals surface area contributed by atoms with Gasteiger partial charge in [0.2, 0.25) is 5.91 Å². The summed E-state index contributed by atoms with van der Waals surface area (Å²) in [6.45, 7) is 4.34. The fraction of sp³-hybridized carbons (Fsp3) is 0.600. The van der Waals surface area contributed by atoms with Gasteiger partial charge < -0.3 is 10.6 Å². The van der Waals surface area contributed by atoms with Crippen molar-refractivity contribution in [3.63, 3.8) is 0 Å². The van der Waals surface area contributed by atoms with Gasteiger partial charge in [0.15, 0.2) is 0 Å². The number of hydrogen-bond acceptors (Lipinski definition) is 4. The summed E-state index contributed by atoms with van der Waals surface area (Å²) in [6.07, 6.45) is 5.80. The number of aromatic nitrogens is 1. The standard InChI is InChI=1S/C20H28N4O3/c1-14(2)17(15-8-3-6-12-21-15)22-16(25)9-7-13-24-18(26)20(23-19(24)27)10-4-5-11-20/h3,6,8,12,14,17H,4-5,7,9-11,13H2,1-2H3,(H,22,25)(H,23,27). The first-order valence-electron chi connectivity index (χ1n) is 9.77. The van der Waals surface area contributed by atoms with Gasteiger partial charge in [0.25, 0.3) is 5.91 Å². The normalized spacial score (nSPS) is 19.6. The largest absolute Gasteiger partial charge is 0.347 e. The van der Waals surface area contributed by atoms with Crippen LogP contribution in [-0.4, -0.2) is 39.8 Å². The molecule has 1 aliphatic heterocycles. The van der Waals surface area contributed by atoms with Crippen LogP contribution in [-0.2, 0) is 9.59 Å². The first-order valence-corrected chi connectivity index (χ1v) is 9.77. The molecule has 27 heavy (non-hydrogen) atoms. The molecule has 1 saturated carbocycles. The van der Waals surface area contributed by atoms with E-state index in [9.17, 15) is 14.4 Å². The molecule has 1 aliphatic carbocycles. The highest BCUT2D eigenvalue weighted by Crippen LogP contribution is 2.35. The molecule has 2 fully saturated rings. The molecule has 1 aromatic rings. The third-order valence-electron chi connectivity index (χ3n) is 5.48. The Morgan fingerprint density at radius 3 is 2.67 bits per heavy atom. The number of urea groups is 1. The van der Waals surface area contributed by atoms with E-state index in [-0.39, 0.29) is 42.8 Å². The van der Waals surface area contributed by atoms with Crippen molar-refractivity contribution in [2.75, 3.05) is 6.54 Å². The molecule has 1 saturated heterocycles. The molecular weight excluding hydrogens is 344 g/mol. The van der Waals surface area contributed by atoms with Crippen LogP contribution in [0.2, 0.25) is 0 Å². The van der Waals surface area contributed by atoms with E-state index in [1.54, 1.807) is 6.20 Å². The molecule has 3 rings (SSSR count). The Kier molecular flexibility index (Phi) is 5.77. The fourth-order valence-electron chi connectivity index (χ4n) is 3.98. The lowest BCUT2D eigenvalue weighted by molar-refractivity contribution is -0.131. The minimum Gasteiger partial charge on any atom is -0.347 e. The third-order valence-corrected chi connectivity index (χ3v) is 5.48. The first-order chi connectivity index (χ1) is 12.9. The molecule has 7 nitrogen and oxygen atoms in total.